The molecule has 2 rings (SSSR count). The van der Waals surface area contributed by atoms with Crippen molar-refractivity contribution in [3.63, 3.8) is 0 Å². The van der Waals surface area contributed by atoms with E-state index in [2.05, 4.69) is 90.7 Å². The van der Waals surface area contributed by atoms with Crippen molar-refractivity contribution in [1.29, 1.82) is 0 Å². The number of hydrogen-bond donors (Lipinski definition) is 2. The topological polar surface area (TPSA) is 57.5 Å². The van der Waals surface area contributed by atoms with Gasteiger partial charge in [-0.3, -0.25) is 4.79 Å². The van der Waals surface area contributed by atoms with Gasteiger partial charge in [-0.1, -0.05) is 128 Å². The lowest BCUT2D eigenvalue weighted by Crippen LogP contribution is -2.30. The summed E-state index contributed by atoms with van der Waals surface area (Å²) in [5.74, 6) is 6.84. The van der Waals surface area contributed by atoms with Crippen LogP contribution < -0.4 is 0 Å². The van der Waals surface area contributed by atoms with Crippen LogP contribution in [0.15, 0.2) is 105 Å². The van der Waals surface area contributed by atoms with E-state index in [4.69, 9.17) is 0 Å². The summed E-state index contributed by atoms with van der Waals surface area (Å²) in [5.41, 5.74) is 8.54. The zero-order chi connectivity index (χ0) is 33.1. The Morgan fingerprint density at radius 3 is 1.98 bits per heavy atom. The number of rotatable bonds is 10. The molecule has 3 heteroatoms. The SMILES string of the molecule is CC1=C(C#C/C(C)=C\C\C=C/C(C)=C/C=C/C=C(C)/C=C/C=C(\C)C(=O)CC2=C(C)C[C@@H](O)CC2(C)C)C(C)(C)C[C@H](O)C1. The van der Waals surface area contributed by atoms with E-state index in [1.165, 1.54) is 22.3 Å². The van der Waals surface area contributed by atoms with E-state index in [0.29, 0.717) is 19.3 Å². The summed E-state index contributed by atoms with van der Waals surface area (Å²) in [6, 6.07) is 0. The van der Waals surface area contributed by atoms with E-state index in [-0.39, 0.29) is 28.8 Å². The average Bonchev–Trinajstić information content (AvgIpc) is 2.89. The van der Waals surface area contributed by atoms with Gasteiger partial charge in [-0.15, -0.1) is 0 Å². The number of aliphatic hydroxyl groups excluding tert-OH is 2. The first-order valence-corrected chi connectivity index (χ1v) is 16.0. The van der Waals surface area contributed by atoms with Gasteiger partial charge in [-0.05, 0) is 90.2 Å². The second-order valence-electron chi connectivity index (χ2n) is 14.1. The summed E-state index contributed by atoms with van der Waals surface area (Å²) in [5, 5.41) is 20.2. The van der Waals surface area contributed by atoms with Gasteiger partial charge >= 0.3 is 0 Å². The Morgan fingerprint density at radius 2 is 1.39 bits per heavy atom. The lowest BCUT2D eigenvalue weighted by atomic mass is 9.70. The number of aliphatic hydroxyl groups is 2. The van der Waals surface area contributed by atoms with E-state index < -0.39 is 0 Å². The molecule has 2 N–H and O–H groups in total. The molecule has 0 fully saturated rings. The number of ketones is 1. The summed E-state index contributed by atoms with van der Waals surface area (Å²) in [4.78, 5) is 12.9. The second kappa shape index (κ2) is 16.8. The van der Waals surface area contributed by atoms with E-state index in [0.717, 1.165) is 41.6 Å². The van der Waals surface area contributed by atoms with Crippen LogP contribution in [0.4, 0.5) is 0 Å². The Kier molecular flexibility index (Phi) is 14.1. The van der Waals surface area contributed by atoms with E-state index in [1.54, 1.807) is 0 Å². The van der Waals surface area contributed by atoms with Crippen LogP contribution >= 0.6 is 0 Å². The zero-order valence-electron chi connectivity index (χ0n) is 29.0. The molecule has 0 amide bonds. The number of hydrogen-bond acceptors (Lipinski definition) is 3. The molecule has 2 aliphatic carbocycles. The first-order chi connectivity index (χ1) is 20.5. The van der Waals surface area contributed by atoms with Crippen LogP contribution in [0.3, 0.4) is 0 Å². The fraction of sp³-hybridized carbons (Fsp3) is 0.488. The zero-order valence-corrected chi connectivity index (χ0v) is 29.0. The smallest absolute Gasteiger partial charge is 0.162 e. The number of carbonyl (C=O) groups is 1. The Hall–Kier alpha value is -3.19. The highest BCUT2D eigenvalue weighted by molar-refractivity contribution is 5.96. The van der Waals surface area contributed by atoms with Crippen LogP contribution in [0.25, 0.3) is 0 Å². The van der Waals surface area contributed by atoms with Crippen molar-refractivity contribution in [3.8, 4) is 11.8 Å². The third-order valence-corrected chi connectivity index (χ3v) is 8.65. The van der Waals surface area contributed by atoms with Crippen LogP contribution in [-0.2, 0) is 4.79 Å². The molecule has 0 aromatic heterocycles. The van der Waals surface area contributed by atoms with Crippen molar-refractivity contribution in [2.45, 2.75) is 120 Å². The molecule has 0 aromatic carbocycles. The lowest BCUT2D eigenvalue weighted by molar-refractivity contribution is -0.115. The minimum atomic E-state index is -0.314. The maximum atomic E-state index is 12.9. The van der Waals surface area contributed by atoms with Gasteiger partial charge in [0.2, 0.25) is 0 Å². The van der Waals surface area contributed by atoms with Crippen LogP contribution in [0.2, 0.25) is 0 Å². The maximum Gasteiger partial charge on any atom is 0.162 e. The van der Waals surface area contributed by atoms with Crippen LogP contribution in [-0.4, -0.2) is 28.2 Å². The average molecular weight is 597 g/mol. The normalized spacial score (nSPS) is 23.6. The number of carbonyl (C=O) groups excluding carboxylic acids is 1. The summed E-state index contributed by atoms with van der Waals surface area (Å²) in [6.07, 6.45) is 24.0. The van der Waals surface area contributed by atoms with Gasteiger partial charge in [0.15, 0.2) is 5.78 Å². The fourth-order valence-corrected chi connectivity index (χ4v) is 6.28. The van der Waals surface area contributed by atoms with E-state index >= 15 is 0 Å². The first-order valence-electron chi connectivity index (χ1n) is 16.0. The molecule has 0 heterocycles. The molecular formula is C41H56O3. The van der Waals surface area contributed by atoms with Gasteiger partial charge in [0.1, 0.15) is 0 Å². The van der Waals surface area contributed by atoms with Gasteiger partial charge in [0, 0.05) is 17.4 Å². The van der Waals surface area contributed by atoms with Crippen LogP contribution in [0, 0.1) is 22.7 Å². The largest absolute Gasteiger partial charge is 0.393 e. The minimum absolute atomic E-state index is 0.0819. The standard InChI is InChI=1S/C41H56O3/c1-29(17-13-14-19-31(3)22-23-37-33(5)24-35(42)27-40(37,7)8)16-11-12-18-30(2)20-15-21-32(4)39(44)26-38-34(6)25-36(43)28-41(38,9)10/h11-13,15-21,35-36,42-43H,14,24-28H2,1-10H3/b12-11+,17-13-,20-15+,29-16+,30-18+,31-19-,32-21+/t35-,36-/m1/s1. The third kappa shape index (κ3) is 12.1. The molecule has 44 heavy (non-hydrogen) atoms. The molecular weight excluding hydrogens is 540 g/mol. The summed E-state index contributed by atoms with van der Waals surface area (Å²) < 4.78 is 0. The van der Waals surface area contributed by atoms with Crippen LogP contribution in [0.5, 0.6) is 0 Å². The number of Topliss-reactive ketones (excluding diaryl/α,β-unsaturated/α-hetero) is 1. The minimum Gasteiger partial charge on any atom is -0.393 e. The Balaban J connectivity index is 1.87. The Bertz CT molecular complexity index is 1400. The van der Waals surface area contributed by atoms with Gasteiger partial charge < -0.3 is 10.2 Å². The van der Waals surface area contributed by atoms with Crippen molar-refractivity contribution < 1.29 is 15.0 Å². The maximum absolute atomic E-state index is 12.9. The molecule has 0 saturated heterocycles. The monoisotopic (exact) mass is 596 g/mol. The van der Waals surface area contributed by atoms with E-state index in [9.17, 15) is 15.0 Å². The highest BCUT2D eigenvalue weighted by Crippen LogP contribution is 2.42. The third-order valence-electron chi connectivity index (χ3n) is 8.65. The molecule has 238 valence electrons. The summed E-state index contributed by atoms with van der Waals surface area (Å²) in [6.45, 7) is 20.8. The second-order valence-corrected chi connectivity index (χ2v) is 14.1. The summed E-state index contributed by atoms with van der Waals surface area (Å²) >= 11 is 0. The predicted molar refractivity (Wildman–Crippen MR) is 188 cm³/mol. The van der Waals surface area contributed by atoms with Crippen molar-refractivity contribution >= 4 is 5.78 Å². The molecule has 0 bridgehead atoms. The van der Waals surface area contributed by atoms with Crippen molar-refractivity contribution in [2.24, 2.45) is 10.8 Å². The quantitative estimate of drug-likeness (QED) is 0.114. The molecule has 2 aliphatic rings. The predicted octanol–water partition coefficient (Wildman–Crippen LogP) is 9.79. The molecule has 0 spiro atoms. The molecule has 0 aliphatic heterocycles. The molecule has 2 atom stereocenters. The van der Waals surface area contributed by atoms with E-state index in [1.807, 2.05) is 51.2 Å². The Morgan fingerprint density at radius 1 is 0.818 bits per heavy atom. The first kappa shape index (κ1) is 37.0. The molecule has 0 saturated carbocycles. The van der Waals surface area contributed by atoms with Crippen molar-refractivity contribution in [3.05, 3.63) is 105 Å². The van der Waals surface area contributed by atoms with Gasteiger partial charge in [-0.25, -0.2) is 0 Å². The summed E-state index contributed by atoms with van der Waals surface area (Å²) in [7, 11) is 0. The lowest BCUT2D eigenvalue weighted by Gasteiger charge is -2.37. The molecule has 0 unspecified atom stereocenters. The van der Waals surface area contributed by atoms with Crippen molar-refractivity contribution in [1.82, 2.24) is 0 Å². The highest BCUT2D eigenvalue weighted by atomic mass is 16.3. The molecule has 3 nitrogen and oxygen atoms in total. The molecule has 0 aromatic rings. The highest BCUT2D eigenvalue weighted by Gasteiger charge is 2.34. The van der Waals surface area contributed by atoms with Gasteiger partial charge in [0.25, 0.3) is 0 Å². The van der Waals surface area contributed by atoms with Gasteiger partial charge in [0.05, 0.1) is 12.2 Å². The van der Waals surface area contributed by atoms with Crippen LogP contribution in [0.1, 0.15) is 108 Å². The molecule has 0 radical (unpaired) electrons. The Labute approximate surface area is 268 Å². The fourth-order valence-electron chi connectivity index (χ4n) is 6.28. The van der Waals surface area contributed by atoms with Gasteiger partial charge in [-0.2, -0.15) is 0 Å². The van der Waals surface area contributed by atoms with Crippen molar-refractivity contribution in [2.75, 3.05) is 0 Å². The number of allylic oxidation sites excluding steroid dienone is 16.